The Morgan fingerprint density at radius 1 is 1.13 bits per heavy atom. The molecule has 3 unspecified atom stereocenters. The van der Waals surface area contributed by atoms with Crippen molar-refractivity contribution < 1.29 is 41.0 Å². The zero-order chi connectivity index (χ0) is 34.1. The van der Waals surface area contributed by atoms with Crippen LogP contribution >= 0.6 is 11.6 Å². The van der Waals surface area contributed by atoms with E-state index in [2.05, 4.69) is 15.2 Å². The molecule has 3 aromatic heterocycles. The minimum atomic E-state index is -4.34. The van der Waals surface area contributed by atoms with Gasteiger partial charge in [-0.1, -0.05) is 11.6 Å². The van der Waals surface area contributed by atoms with E-state index in [1.807, 2.05) is 18.6 Å². The van der Waals surface area contributed by atoms with Gasteiger partial charge in [0.1, 0.15) is 5.15 Å². The van der Waals surface area contributed by atoms with Crippen LogP contribution in [-0.4, -0.2) is 79.8 Å². The average molecular weight is 702 g/mol. The first-order valence-corrected chi connectivity index (χ1v) is 16.9. The van der Waals surface area contributed by atoms with Crippen LogP contribution in [0.2, 0.25) is 5.15 Å². The third-order valence-corrected chi connectivity index (χ3v) is 10.0. The summed E-state index contributed by atoms with van der Waals surface area (Å²) in [4.78, 5) is 29.9. The van der Waals surface area contributed by atoms with E-state index in [0.717, 1.165) is 12.8 Å². The molecule has 0 aromatic carbocycles. The third-order valence-electron chi connectivity index (χ3n) is 8.50. The van der Waals surface area contributed by atoms with Gasteiger partial charge in [0.15, 0.2) is 10.8 Å². The van der Waals surface area contributed by atoms with Gasteiger partial charge in [-0.25, -0.2) is 19.2 Å². The summed E-state index contributed by atoms with van der Waals surface area (Å²) in [7, 11) is -4.34. The summed E-state index contributed by atoms with van der Waals surface area (Å²) in [5.41, 5.74) is -0.638. The summed E-state index contributed by atoms with van der Waals surface area (Å²) in [6.45, 7) is 4.85. The lowest BCUT2D eigenvalue weighted by Gasteiger charge is -2.28. The lowest BCUT2D eigenvalue weighted by atomic mass is 9.93. The van der Waals surface area contributed by atoms with Crippen molar-refractivity contribution in [2.24, 2.45) is 17.8 Å². The average Bonchev–Trinajstić information content (AvgIpc) is 3.27. The largest absolute Gasteiger partial charge is 0.477 e. The van der Waals surface area contributed by atoms with Crippen molar-refractivity contribution in [1.82, 2.24) is 34.2 Å². The maximum Gasteiger partial charge on any atom is 0.407 e. The number of alkyl halides is 3. The van der Waals surface area contributed by atoms with Crippen molar-refractivity contribution in [2.75, 3.05) is 13.2 Å². The summed E-state index contributed by atoms with van der Waals surface area (Å²) in [5.74, 6) is -1.95. The van der Waals surface area contributed by atoms with Crippen LogP contribution in [0.25, 0.3) is 5.82 Å². The van der Waals surface area contributed by atoms with Crippen LogP contribution in [0.3, 0.4) is 0 Å². The number of sulfonamides is 1. The summed E-state index contributed by atoms with van der Waals surface area (Å²) < 4.78 is 74.0. The molecule has 13 nitrogen and oxygen atoms in total. The van der Waals surface area contributed by atoms with Crippen molar-refractivity contribution >= 4 is 33.6 Å². The number of likely N-dealkylation sites (tertiary alicyclic amines) is 1. The fourth-order valence-corrected chi connectivity index (χ4v) is 7.17. The topological polar surface area (TPSA) is 162 Å². The molecule has 2 amide bonds. The van der Waals surface area contributed by atoms with Crippen molar-refractivity contribution in [3.05, 3.63) is 47.4 Å². The van der Waals surface area contributed by atoms with Gasteiger partial charge in [-0.15, -0.1) is 5.10 Å². The molecule has 4 heterocycles. The maximum absolute atomic E-state index is 12.9. The number of hydrogen-bond donors (Lipinski definition) is 2. The molecule has 18 heteroatoms. The summed E-state index contributed by atoms with van der Waals surface area (Å²) in [6, 6.07) is 5.51. The van der Waals surface area contributed by atoms with Gasteiger partial charge in [-0.05, 0) is 82.4 Å². The first-order valence-electron chi connectivity index (χ1n) is 15.1. The van der Waals surface area contributed by atoms with Gasteiger partial charge in [0.05, 0.1) is 18.1 Å². The van der Waals surface area contributed by atoms with Crippen molar-refractivity contribution in [2.45, 2.75) is 75.7 Å². The number of nitrogens with one attached hydrogen (secondary N) is 1. The number of amides is 2. The Bertz CT molecular complexity index is 1730. The van der Waals surface area contributed by atoms with Crippen LogP contribution in [0.1, 0.15) is 62.7 Å². The minimum absolute atomic E-state index is 0.160. The molecule has 2 aliphatic rings. The van der Waals surface area contributed by atoms with Gasteiger partial charge in [-0.2, -0.15) is 26.7 Å². The number of ether oxygens (including phenoxy) is 1. The number of carboxylic acid groups (broad SMARTS) is 1. The molecule has 3 aromatic rings. The molecular formula is C29H35ClF3N7O6S. The van der Waals surface area contributed by atoms with E-state index in [4.69, 9.17) is 16.3 Å². The smallest absolute Gasteiger partial charge is 0.407 e. The number of halogens is 4. The van der Waals surface area contributed by atoms with Gasteiger partial charge >= 0.3 is 12.3 Å². The molecule has 1 aliphatic heterocycles. The Morgan fingerprint density at radius 2 is 1.89 bits per heavy atom. The van der Waals surface area contributed by atoms with Crippen LogP contribution in [0, 0.1) is 17.8 Å². The number of nitrogens with zero attached hydrogens (tertiary/aromatic N) is 6. The highest BCUT2D eigenvalue weighted by Crippen LogP contribution is 2.52. The van der Waals surface area contributed by atoms with E-state index in [9.17, 15) is 36.3 Å². The Balaban J connectivity index is 1.10. The SMILES string of the molecule is CC1(C)CC(CCCn2ccc(S(=O)(=O)NC(=O)c3ccc(-n4ccc(OCCCC5CC5C(F)(F)F)n4)nc3Cl)n2)CN1C(=O)O. The number of carbonyl (C=O) groups is 2. The van der Waals surface area contributed by atoms with E-state index in [1.165, 1.54) is 44.9 Å². The predicted molar refractivity (Wildman–Crippen MR) is 162 cm³/mol. The number of carbonyl (C=O) groups excluding carboxylic acids is 1. The van der Waals surface area contributed by atoms with E-state index in [1.54, 1.807) is 6.07 Å². The van der Waals surface area contributed by atoms with E-state index in [-0.39, 0.29) is 52.3 Å². The molecule has 1 saturated heterocycles. The molecule has 0 spiro atoms. The van der Waals surface area contributed by atoms with Crippen LogP contribution in [-0.2, 0) is 16.6 Å². The van der Waals surface area contributed by atoms with Crippen LogP contribution in [0.4, 0.5) is 18.0 Å². The summed E-state index contributed by atoms with van der Waals surface area (Å²) in [5, 5.41) is 17.1. The van der Waals surface area contributed by atoms with Gasteiger partial charge < -0.3 is 14.7 Å². The highest BCUT2D eigenvalue weighted by molar-refractivity contribution is 7.90. The Hall–Kier alpha value is -3.86. The highest BCUT2D eigenvalue weighted by Gasteiger charge is 2.54. The molecule has 2 fully saturated rings. The molecule has 0 bridgehead atoms. The molecule has 5 rings (SSSR count). The standard InChI is InChI=1S/C29H35ClF3N7O6S/c1-28(2)16-18(17-39(28)27(42)43)5-3-11-38-12-10-24(36-38)47(44,45)37-26(41)20-7-8-22(34-25(20)30)40-13-9-23(35-40)46-14-4-6-19-15-21(19)29(31,32)33/h7-10,12-13,18-19,21H,3-6,11,14-17H2,1-2H3,(H,37,41)(H,42,43). The number of aryl methyl sites for hydroxylation is 1. The molecule has 1 saturated carbocycles. The van der Waals surface area contributed by atoms with E-state index >= 15 is 0 Å². The normalized spacial score (nSPS) is 20.7. The van der Waals surface area contributed by atoms with Crippen LogP contribution in [0.5, 0.6) is 5.88 Å². The van der Waals surface area contributed by atoms with Gasteiger partial charge in [-0.3, -0.25) is 9.48 Å². The number of hydrogen-bond acceptors (Lipinski definition) is 8. The monoisotopic (exact) mass is 701 g/mol. The fourth-order valence-electron chi connectivity index (χ4n) is 6.02. The maximum atomic E-state index is 12.9. The number of aromatic nitrogens is 5. The molecule has 256 valence electrons. The first kappa shape index (κ1) is 34.5. The van der Waals surface area contributed by atoms with Crippen LogP contribution in [0.15, 0.2) is 41.7 Å². The van der Waals surface area contributed by atoms with Crippen molar-refractivity contribution in [1.29, 1.82) is 0 Å². The minimum Gasteiger partial charge on any atom is -0.477 e. The Kier molecular flexibility index (Phi) is 9.78. The van der Waals surface area contributed by atoms with Gasteiger partial charge in [0.2, 0.25) is 5.88 Å². The summed E-state index contributed by atoms with van der Waals surface area (Å²) >= 11 is 6.22. The van der Waals surface area contributed by atoms with Gasteiger partial charge in [0, 0.05) is 37.1 Å². The molecule has 3 atom stereocenters. The number of pyridine rings is 1. The second-order valence-corrected chi connectivity index (χ2v) is 14.5. The van der Waals surface area contributed by atoms with Crippen LogP contribution < -0.4 is 9.46 Å². The first-order chi connectivity index (χ1) is 22.0. The molecule has 47 heavy (non-hydrogen) atoms. The second kappa shape index (κ2) is 13.3. The van der Waals surface area contributed by atoms with Gasteiger partial charge in [0.25, 0.3) is 15.9 Å². The zero-order valence-electron chi connectivity index (χ0n) is 25.7. The predicted octanol–water partition coefficient (Wildman–Crippen LogP) is 5.15. The summed E-state index contributed by atoms with van der Waals surface area (Å²) in [6.07, 6.45) is 1.10. The molecule has 0 radical (unpaired) electrons. The molecule has 2 N–H and O–H groups in total. The second-order valence-electron chi connectivity index (χ2n) is 12.5. The Labute approximate surface area is 274 Å². The quantitative estimate of drug-likeness (QED) is 0.181. The van der Waals surface area contributed by atoms with E-state index < -0.39 is 39.7 Å². The molecule has 1 aliphatic carbocycles. The lowest BCUT2D eigenvalue weighted by molar-refractivity contribution is -0.151. The molecular weight excluding hydrogens is 667 g/mol. The van der Waals surface area contributed by atoms with Crippen molar-refractivity contribution in [3.8, 4) is 11.7 Å². The number of rotatable bonds is 13. The lowest BCUT2D eigenvalue weighted by Crippen LogP contribution is -2.41. The zero-order valence-corrected chi connectivity index (χ0v) is 27.2. The van der Waals surface area contributed by atoms with E-state index in [0.29, 0.717) is 32.4 Å². The fraction of sp³-hybridized carbons (Fsp3) is 0.552. The highest BCUT2D eigenvalue weighted by atomic mass is 35.5. The third kappa shape index (κ3) is 8.36. The Morgan fingerprint density at radius 3 is 2.55 bits per heavy atom. The van der Waals surface area contributed by atoms with Crippen molar-refractivity contribution in [3.63, 3.8) is 0 Å².